The number of anilines is 1. The summed E-state index contributed by atoms with van der Waals surface area (Å²) in [5.74, 6) is 0. The molecule has 2 aromatic carbocycles. The quantitative estimate of drug-likeness (QED) is 0.680. The zero-order valence-corrected chi connectivity index (χ0v) is 13.5. The summed E-state index contributed by atoms with van der Waals surface area (Å²) in [5.41, 5.74) is 5.46. The third-order valence-corrected chi connectivity index (χ3v) is 3.93. The van der Waals surface area contributed by atoms with Crippen molar-refractivity contribution >= 4 is 5.69 Å². The maximum Gasteiger partial charge on any atom is 0.0485 e. The summed E-state index contributed by atoms with van der Waals surface area (Å²) >= 11 is 0. The molecule has 1 N–H and O–H groups in total. The molecule has 0 fully saturated rings. The normalized spacial score (nSPS) is 12.1. The molecule has 0 heterocycles. The highest BCUT2D eigenvalue weighted by molar-refractivity contribution is 5.52. The molecular weight excluding hydrogens is 254 g/mol. The van der Waals surface area contributed by atoms with Crippen molar-refractivity contribution < 1.29 is 0 Å². The van der Waals surface area contributed by atoms with Gasteiger partial charge in [0, 0.05) is 11.7 Å². The van der Waals surface area contributed by atoms with E-state index in [2.05, 4.69) is 74.6 Å². The Morgan fingerprint density at radius 3 is 2.19 bits per heavy atom. The van der Waals surface area contributed by atoms with Gasteiger partial charge >= 0.3 is 0 Å². The number of benzene rings is 2. The predicted molar refractivity (Wildman–Crippen MR) is 92.9 cm³/mol. The molecule has 0 spiro atoms. The Hall–Kier alpha value is -1.76. The molecule has 1 heteroatoms. The van der Waals surface area contributed by atoms with Crippen molar-refractivity contribution in [3.8, 4) is 0 Å². The highest BCUT2D eigenvalue weighted by Crippen LogP contribution is 2.23. The van der Waals surface area contributed by atoms with E-state index in [0.29, 0.717) is 6.04 Å². The van der Waals surface area contributed by atoms with Gasteiger partial charge in [0.15, 0.2) is 0 Å². The Kier molecular flexibility index (Phi) is 5.86. The summed E-state index contributed by atoms with van der Waals surface area (Å²) < 4.78 is 0. The fourth-order valence-corrected chi connectivity index (χ4v) is 2.73. The number of hydrogen-bond donors (Lipinski definition) is 1. The lowest BCUT2D eigenvalue weighted by atomic mass is 10.0. The molecule has 112 valence electrons. The molecule has 1 unspecified atom stereocenters. The van der Waals surface area contributed by atoms with Crippen LogP contribution in [0.5, 0.6) is 0 Å². The molecule has 2 aromatic rings. The van der Waals surface area contributed by atoms with Crippen molar-refractivity contribution in [1.82, 2.24) is 0 Å². The standard InChI is InChI=1S/C20H27N/c1-4-8-17-12-14-18(15-13-17)16(3)21-20-11-7-6-10-19(20)9-5-2/h6-7,10-16,21H,4-5,8-9H2,1-3H3. The molecule has 2 rings (SSSR count). The van der Waals surface area contributed by atoms with Gasteiger partial charge in [-0.1, -0.05) is 69.2 Å². The third kappa shape index (κ3) is 4.35. The number of aryl methyl sites for hydroxylation is 2. The average Bonchev–Trinajstić information content (AvgIpc) is 2.50. The van der Waals surface area contributed by atoms with E-state index in [1.54, 1.807) is 0 Å². The summed E-state index contributed by atoms with van der Waals surface area (Å²) in [7, 11) is 0. The van der Waals surface area contributed by atoms with E-state index in [1.807, 2.05) is 0 Å². The van der Waals surface area contributed by atoms with Crippen LogP contribution in [0.4, 0.5) is 5.69 Å². The Morgan fingerprint density at radius 1 is 0.857 bits per heavy atom. The van der Waals surface area contributed by atoms with Crippen LogP contribution in [-0.4, -0.2) is 0 Å². The molecule has 1 atom stereocenters. The molecule has 0 saturated carbocycles. The van der Waals surface area contributed by atoms with Crippen molar-refractivity contribution in [3.05, 3.63) is 65.2 Å². The highest BCUT2D eigenvalue weighted by atomic mass is 14.9. The molecule has 0 amide bonds. The van der Waals surface area contributed by atoms with Gasteiger partial charge in [-0.3, -0.25) is 0 Å². The summed E-state index contributed by atoms with van der Waals surface area (Å²) in [6.45, 7) is 6.69. The van der Waals surface area contributed by atoms with Crippen LogP contribution < -0.4 is 5.32 Å². The lowest BCUT2D eigenvalue weighted by molar-refractivity contribution is 0.862. The first kappa shape index (κ1) is 15.6. The van der Waals surface area contributed by atoms with Crippen LogP contribution in [0.1, 0.15) is 56.3 Å². The van der Waals surface area contributed by atoms with Crippen LogP contribution in [0, 0.1) is 0 Å². The zero-order valence-electron chi connectivity index (χ0n) is 13.5. The predicted octanol–water partition coefficient (Wildman–Crippen LogP) is 5.76. The molecule has 0 bridgehead atoms. The van der Waals surface area contributed by atoms with Gasteiger partial charge in [-0.05, 0) is 42.5 Å². The van der Waals surface area contributed by atoms with Crippen LogP contribution in [0.15, 0.2) is 48.5 Å². The Morgan fingerprint density at radius 2 is 1.52 bits per heavy atom. The molecular formula is C20H27N. The van der Waals surface area contributed by atoms with Gasteiger partial charge in [0.05, 0.1) is 0 Å². The number of para-hydroxylation sites is 1. The summed E-state index contributed by atoms with van der Waals surface area (Å²) in [5, 5.41) is 3.66. The SMILES string of the molecule is CCCc1ccc(C(C)Nc2ccccc2CCC)cc1. The Bertz CT molecular complexity index is 542. The van der Waals surface area contributed by atoms with Crippen molar-refractivity contribution in [2.24, 2.45) is 0 Å². The Balaban J connectivity index is 2.08. The van der Waals surface area contributed by atoms with Crippen LogP contribution in [-0.2, 0) is 12.8 Å². The summed E-state index contributed by atoms with van der Waals surface area (Å²) in [6.07, 6.45) is 4.68. The molecule has 0 radical (unpaired) electrons. The van der Waals surface area contributed by atoms with Crippen LogP contribution in [0.25, 0.3) is 0 Å². The fraction of sp³-hybridized carbons (Fsp3) is 0.400. The van der Waals surface area contributed by atoms with Gasteiger partial charge in [-0.25, -0.2) is 0 Å². The van der Waals surface area contributed by atoms with Gasteiger partial charge in [0.1, 0.15) is 0 Å². The second-order valence-corrected chi connectivity index (χ2v) is 5.76. The van der Waals surface area contributed by atoms with Gasteiger partial charge in [0.25, 0.3) is 0 Å². The molecule has 0 aliphatic carbocycles. The molecule has 0 aromatic heterocycles. The minimum absolute atomic E-state index is 0.332. The molecule has 0 aliphatic heterocycles. The van der Waals surface area contributed by atoms with E-state index in [-0.39, 0.29) is 0 Å². The first-order chi connectivity index (χ1) is 10.2. The monoisotopic (exact) mass is 281 g/mol. The average molecular weight is 281 g/mol. The van der Waals surface area contributed by atoms with E-state index in [0.717, 1.165) is 6.42 Å². The first-order valence-electron chi connectivity index (χ1n) is 8.17. The molecule has 1 nitrogen and oxygen atoms in total. The van der Waals surface area contributed by atoms with Gasteiger partial charge in [0.2, 0.25) is 0 Å². The second-order valence-electron chi connectivity index (χ2n) is 5.76. The van der Waals surface area contributed by atoms with E-state index < -0.39 is 0 Å². The molecule has 0 aliphatic rings. The van der Waals surface area contributed by atoms with Gasteiger partial charge < -0.3 is 5.32 Å². The molecule has 0 saturated heterocycles. The minimum atomic E-state index is 0.332. The van der Waals surface area contributed by atoms with Crippen molar-refractivity contribution in [2.45, 2.75) is 52.5 Å². The third-order valence-electron chi connectivity index (χ3n) is 3.93. The summed E-state index contributed by atoms with van der Waals surface area (Å²) in [6, 6.07) is 18.0. The van der Waals surface area contributed by atoms with Gasteiger partial charge in [-0.2, -0.15) is 0 Å². The maximum atomic E-state index is 3.66. The van der Waals surface area contributed by atoms with Crippen molar-refractivity contribution in [1.29, 1.82) is 0 Å². The van der Waals surface area contributed by atoms with Crippen LogP contribution in [0.3, 0.4) is 0 Å². The van der Waals surface area contributed by atoms with E-state index in [1.165, 1.54) is 41.6 Å². The van der Waals surface area contributed by atoms with E-state index in [4.69, 9.17) is 0 Å². The minimum Gasteiger partial charge on any atom is -0.378 e. The first-order valence-corrected chi connectivity index (χ1v) is 8.17. The number of hydrogen-bond acceptors (Lipinski definition) is 1. The molecule has 21 heavy (non-hydrogen) atoms. The number of rotatable bonds is 7. The lowest BCUT2D eigenvalue weighted by Gasteiger charge is -2.19. The number of nitrogens with one attached hydrogen (secondary N) is 1. The second kappa shape index (κ2) is 7.87. The summed E-state index contributed by atoms with van der Waals surface area (Å²) in [4.78, 5) is 0. The van der Waals surface area contributed by atoms with Crippen LogP contribution in [0.2, 0.25) is 0 Å². The van der Waals surface area contributed by atoms with Gasteiger partial charge in [-0.15, -0.1) is 0 Å². The smallest absolute Gasteiger partial charge is 0.0485 e. The fourth-order valence-electron chi connectivity index (χ4n) is 2.73. The highest BCUT2D eigenvalue weighted by Gasteiger charge is 2.07. The van der Waals surface area contributed by atoms with Crippen molar-refractivity contribution in [2.75, 3.05) is 5.32 Å². The lowest BCUT2D eigenvalue weighted by Crippen LogP contribution is -2.08. The van der Waals surface area contributed by atoms with Crippen LogP contribution >= 0.6 is 0 Å². The van der Waals surface area contributed by atoms with E-state index in [9.17, 15) is 0 Å². The Labute approximate surface area is 129 Å². The zero-order chi connectivity index (χ0) is 15.1. The topological polar surface area (TPSA) is 12.0 Å². The maximum absolute atomic E-state index is 3.66. The van der Waals surface area contributed by atoms with E-state index >= 15 is 0 Å². The largest absolute Gasteiger partial charge is 0.378 e. The van der Waals surface area contributed by atoms with Crippen molar-refractivity contribution in [3.63, 3.8) is 0 Å².